The number of nitrogens with zero attached hydrogens (tertiary/aromatic N) is 1. The van der Waals surface area contributed by atoms with E-state index in [9.17, 15) is 4.79 Å². The van der Waals surface area contributed by atoms with Crippen LogP contribution >= 0.6 is 0 Å². The number of aliphatic hydroxyl groups is 1. The van der Waals surface area contributed by atoms with Crippen molar-refractivity contribution in [3.8, 4) is 0 Å². The monoisotopic (exact) mass is 273 g/mol. The van der Waals surface area contributed by atoms with Gasteiger partial charge in [0.2, 0.25) is 5.91 Å². The smallest absolute Gasteiger partial charge is 0.226 e. The first kappa shape index (κ1) is 13.6. The van der Waals surface area contributed by atoms with Gasteiger partial charge in [0.05, 0.1) is 6.61 Å². The molecular formula is C17H23NO2. The Morgan fingerprint density at radius 1 is 1.40 bits per heavy atom. The van der Waals surface area contributed by atoms with E-state index in [0.717, 1.165) is 12.8 Å². The summed E-state index contributed by atoms with van der Waals surface area (Å²) in [6, 6.07) is 8.71. The maximum Gasteiger partial charge on any atom is 0.226 e. The second kappa shape index (κ2) is 5.21. The SMILES string of the molecule is CC(C)N(CCO)C(=O)C1C2CCc3ccccc3C21. The minimum atomic E-state index is 0.0442. The van der Waals surface area contributed by atoms with E-state index < -0.39 is 0 Å². The molecule has 2 aliphatic carbocycles. The highest BCUT2D eigenvalue weighted by atomic mass is 16.3. The minimum Gasteiger partial charge on any atom is -0.395 e. The number of carbonyl (C=O) groups is 1. The van der Waals surface area contributed by atoms with Crippen molar-refractivity contribution >= 4 is 5.91 Å². The summed E-state index contributed by atoms with van der Waals surface area (Å²) in [4.78, 5) is 14.6. The van der Waals surface area contributed by atoms with Gasteiger partial charge >= 0.3 is 0 Å². The molecule has 0 spiro atoms. The number of aliphatic hydroxyl groups excluding tert-OH is 1. The van der Waals surface area contributed by atoms with Gasteiger partial charge in [0.15, 0.2) is 0 Å². The largest absolute Gasteiger partial charge is 0.395 e. The van der Waals surface area contributed by atoms with Gasteiger partial charge in [-0.25, -0.2) is 0 Å². The fourth-order valence-electron chi connectivity index (χ4n) is 3.83. The van der Waals surface area contributed by atoms with E-state index in [4.69, 9.17) is 5.11 Å². The molecule has 3 unspecified atom stereocenters. The molecule has 0 saturated heterocycles. The zero-order chi connectivity index (χ0) is 14.3. The number of hydrogen-bond acceptors (Lipinski definition) is 2. The molecule has 1 fully saturated rings. The maximum atomic E-state index is 12.7. The van der Waals surface area contributed by atoms with Gasteiger partial charge in [-0.1, -0.05) is 24.3 Å². The Balaban J connectivity index is 1.80. The van der Waals surface area contributed by atoms with E-state index in [2.05, 4.69) is 24.3 Å². The van der Waals surface area contributed by atoms with E-state index in [-0.39, 0.29) is 24.5 Å². The van der Waals surface area contributed by atoms with Crippen LogP contribution in [0.3, 0.4) is 0 Å². The van der Waals surface area contributed by atoms with Crippen LogP contribution in [0.4, 0.5) is 0 Å². The Kier molecular flexibility index (Phi) is 3.55. The van der Waals surface area contributed by atoms with Crippen LogP contribution in [0.15, 0.2) is 24.3 Å². The summed E-state index contributed by atoms with van der Waals surface area (Å²) in [5.74, 6) is 1.33. The molecule has 3 nitrogen and oxygen atoms in total. The van der Waals surface area contributed by atoms with Crippen molar-refractivity contribution in [1.29, 1.82) is 0 Å². The van der Waals surface area contributed by atoms with E-state index in [1.54, 1.807) is 0 Å². The van der Waals surface area contributed by atoms with Crippen LogP contribution in [0, 0.1) is 11.8 Å². The third-order valence-electron chi connectivity index (χ3n) is 4.86. The molecule has 108 valence electrons. The lowest BCUT2D eigenvalue weighted by Crippen LogP contribution is -2.40. The highest BCUT2D eigenvalue weighted by Gasteiger charge is 2.57. The van der Waals surface area contributed by atoms with Gasteiger partial charge in [0.1, 0.15) is 0 Å². The van der Waals surface area contributed by atoms with Crippen LogP contribution < -0.4 is 0 Å². The third kappa shape index (κ3) is 2.14. The van der Waals surface area contributed by atoms with E-state index >= 15 is 0 Å². The lowest BCUT2D eigenvalue weighted by Gasteiger charge is -2.26. The Bertz CT molecular complexity index is 511. The molecule has 0 radical (unpaired) electrons. The van der Waals surface area contributed by atoms with E-state index in [1.807, 2.05) is 18.7 Å². The molecule has 0 heterocycles. The highest BCUT2D eigenvalue weighted by molar-refractivity contribution is 5.84. The number of benzene rings is 1. The summed E-state index contributed by atoms with van der Waals surface area (Å²) in [6.07, 6.45) is 2.23. The number of carbonyl (C=O) groups excluding carboxylic acids is 1. The van der Waals surface area contributed by atoms with Crippen molar-refractivity contribution < 1.29 is 9.90 Å². The first-order valence-corrected chi connectivity index (χ1v) is 7.64. The molecule has 1 saturated carbocycles. The maximum absolute atomic E-state index is 12.7. The first-order chi connectivity index (χ1) is 9.65. The molecular weight excluding hydrogens is 250 g/mol. The van der Waals surface area contributed by atoms with E-state index in [1.165, 1.54) is 11.1 Å². The van der Waals surface area contributed by atoms with Gasteiger partial charge in [0.25, 0.3) is 0 Å². The zero-order valence-electron chi connectivity index (χ0n) is 12.2. The number of rotatable bonds is 4. The summed E-state index contributed by atoms with van der Waals surface area (Å²) >= 11 is 0. The summed E-state index contributed by atoms with van der Waals surface area (Å²) in [6.45, 7) is 4.54. The fraction of sp³-hybridized carbons (Fsp3) is 0.588. The number of fused-ring (bicyclic) bond motifs is 3. The van der Waals surface area contributed by atoms with Crippen LogP contribution in [0.5, 0.6) is 0 Å². The average Bonchev–Trinajstić information content (AvgIpc) is 3.18. The standard InChI is InChI=1S/C17H23NO2/c1-11(2)18(9-10-19)17(20)16-14-8-7-12-5-3-4-6-13(12)15(14)16/h3-6,11,14-16,19H,7-10H2,1-2H3. The summed E-state index contributed by atoms with van der Waals surface area (Å²) in [5.41, 5.74) is 2.80. The number of hydrogen-bond donors (Lipinski definition) is 1. The van der Waals surface area contributed by atoms with Gasteiger partial charge < -0.3 is 10.0 Å². The lowest BCUT2D eigenvalue weighted by atomic mass is 9.92. The third-order valence-corrected chi connectivity index (χ3v) is 4.86. The Morgan fingerprint density at radius 3 is 2.85 bits per heavy atom. The molecule has 3 rings (SSSR count). The Morgan fingerprint density at radius 2 is 2.15 bits per heavy atom. The van der Waals surface area contributed by atoms with Gasteiger partial charge in [-0.05, 0) is 49.7 Å². The minimum absolute atomic E-state index is 0.0442. The number of aryl methyl sites for hydroxylation is 1. The molecule has 1 N–H and O–H groups in total. The molecule has 1 aromatic carbocycles. The molecule has 3 atom stereocenters. The fourth-order valence-corrected chi connectivity index (χ4v) is 3.83. The molecule has 0 bridgehead atoms. The number of amides is 1. The quantitative estimate of drug-likeness (QED) is 0.913. The zero-order valence-corrected chi connectivity index (χ0v) is 12.2. The van der Waals surface area contributed by atoms with Crippen molar-refractivity contribution in [3.05, 3.63) is 35.4 Å². The molecule has 0 aliphatic heterocycles. The lowest BCUT2D eigenvalue weighted by molar-refractivity contribution is -0.135. The van der Waals surface area contributed by atoms with Crippen molar-refractivity contribution in [2.24, 2.45) is 11.8 Å². The summed E-state index contributed by atoms with van der Waals surface area (Å²) in [7, 11) is 0. The predicted molar refractivity (Wildman–Crippen MR) is 78.4 cm³/mol. The molecule has 20 heavy (non-hydrogen) atoms. The van der Waals surface area contributed by atoms with Crippen LogP contribution in [-0.4, -0.2) is 35.1 Å². The average molecular weight is 273 g/mol. The molecule has 1 amide bonds. The first-order valence-electron chi connectivity index (χ1n) is 7.64. The van der Waals surface area contributed by atoms with Crippen LogP contribution in [0.25, 0.3) is 0 Å². The summed E-state index contributed by atoms with van der Waals surface area (Å²) in [5, 5.41) is 9.16. The van der Waals surface area contributed by atoms with Crippen LogP contribution in [0.2, 0.25) is 0 Å². The van der Waals surface area contributed by atoms with Gasteiger partial charge in [-0.15, -0.1) is 0 Å². The van der Waals surface area contributed by atoms with Crippen LogP contribution in [-0.2, 0) is 11.2 Å². The Hall–Kier alpha value is -1.35. The normalized spacial score (nSPS) is 26.9. The molecule has 0 aromatic heterocycles. The van der Waals surface area contributed by atoms with E-state index in [0.29, 0.717) is 18.4 Å². The molecule has 3 heteroatoms. The highest BCUT2D eigenvalue weighted by Crippen LogP contribution is 2.60. The molecule has 2 aliphatic rings. The Labute approximate surface area is 120 Å². The van der Waals surface area contributed by atoms with Gasteiger partial charge in [-0.2, -0.15) is 0 Å². The van der Waals surface area contributed by atoms with Crippen molar-refractivity contribution in [1.82, 2.24) is 4.90 Å². The predicted octanol–water partition coefficient (Wildman–Crippen LogP) is 2.19. The molecule has 1 aromatic rings. The van der Waals surface area contributed by atoms with Crippen molar-refractivity contribution in [3.63, 3.8) is 0 Å². The van der Waals surface area contributed by atoms with Gasteiger partial charge in [0, 0.05) is 18.5 Å². The second-order valence-electron chi connectivity index (χ2n) is 6.30. The van der Waals surface area contributed by atoms with Gasteiger partial charge in [-0.3, -0.25) is 4.79 Å². The van der Waals surface area contributed by atoms with Crippen LogP contribution in [0.1, 0.15) is 37.3 Å². The summed E-state index contributed by atoms with van der Waals surface area (Å²) < 4.78 is 0. The van der Waals surface area contributed by atoms with Crippen molar-refractivity contribution in [2.45, 2.75) is 38.6 Å². The second-order valence-corrected chi connectivity index (χ2v) is 6.30. The topological polar surface area (TPSA) is 40.5 Å². The van der Waals surface area contributed by atoms with Crippen molar-refractivity contribution in [2.75, 3.05) is 13.2 Å².